The van der Waals surface area contributed by atoms with Gasteiger partial charge >= 0.3 is 5.97 Å². The molecule has 1 aromatic carbocycles. The summed E-state index contributed by atoms with van der Waals surface area (Å²) in [6.45, 7) is 5.06. The van der Waals surface area contributed by atoms with E-state index in [1.54, 1.807) is 20.8 Å². The first kappa shape index (κ1) is 18.4. The van der Waals surface area contributed by atoms with Crippen LogP contribution in [0.1, 0.15) is 29.9 Å². The number of carbonyl (C=O) groups excluding carboxylic acids is 1. The van der Waals surface area contributed by atoms with E-state index in [0.717, 1.165) is 0 Å². The number of amidine groups is 1. The lowest BCUT2D eigenvalue weighted by Gasteiger charge is -2.11. The Morgan fingerprint density at radius 3 is 2.48 bits per heavy atom. The fourth-order valence-electron chi connectivity index (χ4n) is 2.10. The van der Waals surface area contributed by atoms with E-state index in [1.807, 2.05) is 0 Å². The van der Waals surface area contributed by atoms with Gasteiger partial charge in [0.05, 0.1) is 21.3 Å². The number of carbonyl (C=O) groups is 1. The van der Waals surface area contributed by atoms with Crippen LogP contribution in [-0.4, -0.2) is 26.5 Å². The molecular weight excluding hydrogens is 350 g/mol. The molecular formula is C15H16ClN5O4. The van der Waals surface area contributed by atoms with Crippen molar-refractivity contribution in [1.82, 2.24) is 9.78 Å². The first-order valence-corrected chi connectivity index (χ1v) is 7.60. The van der Waals surface area contributed by atoms with Crippen LogP contribution in [0.25, 0.3) is 0 Å². The highest BCUT2D eigenvalue weighted by Gasteiger charge is 2.22. The van der Waals surface area contributed by atoms with Gasteiger partial charge in [0.1, 0.15) is 6.04 Å². The van der Waals surface area contributed by atoms with Gasteiger partial charge in [-0.25, -0.2) is 4.79 Å². The first-order valence-electron chi connectivity index (χ1n) is 7.22. The smallest absolute Gasteiger partial charge is 0.359 e. The van der Waals surface area contributed by atoms with Gasteiger partial charge in [0.15, 0.2) is 5.84 Å². The zero-order chi connectivity index (χ0) is 18.7. The van der Waals surface area contributed by atoms with Crippen LogP contribution in [0.3, 0.4) is 0 Å². The molecule has 10 heteroatoms. The summed E-state index contributed by atoms with van der Waals surface area (Å²) in [5.74, 6) is -0.756. The minimum atomic E-state index is -0.750. The number of aryl methyl sites for hydroxylation is 1. The Kier molecular flexibility index (Phi) is 5.38. The third kappa shape index (κ3) is 3.94. The highest BCUT2D eigenvalue weighted by molar-refractivity contribution is 6.31. The van der Waals surface area contributed by atoms with E-state index in [-0.39, 0.29) is 11.5 Å². The fourth-order valence-corrected chi connectivity index (χ4v) is 2.22. The standard InChI is InChI=1S/C15H16ClN5O4/c1-8-13(16)9(2)20(18-8)10(3)15(22)25-19-14(17)11-4-6-12(7-5-11)21(23)24/h4-7,10H,1-3H3,(H2,17,19). The molecule has 0 aliphatic heterocycles. The Balaban J connectivity index is 2.10. The lowest BCUT2D eigenvalue weighted by atomic mass is 10.2. The van der Waals surface area contributed by atoms with E-state index in [4.69, 9.17) is 22.2 Å². The molecule has 1 heterocycles. The zero-order valence-corrected chi connectivity index (χ0v) is 14.5. The molecule has 0 aliphatic carbocycles. The first-order chi connectivity index (χ1) is 11.7. The fraction of sp³-hybridized carbons (Fsp3) is 0.267. The molecule has 2 N–H and O–H groups in total. The monoisotopic (exact) mass is 365 g/mol. The Hall–Kier alpha value is -2.94. The van der Waals surface area contributed by atoms with Gasteiger partial charge in [-0.15, -0.1) is 0 Å². The number of nitrogens with zero attached hydrogens (tertiary/aromatic N) is 4. The van der Waals surface area contributed by atoms with Crippen LogP contribution in [0, 0.1) is 24.0 Å². The van der Waals surface area contributed by atoms with Crippen molar-refractivity contribution < 1.29 is 14.6 Å². The van der Waals surface area contributed by atoms with E-state index in [2.05, 4.69) is 10.3 Å². The largest absolute Gasteiger partial charge is 0.380 e. The Morgan fingerprint density at radius 2 is 2.00 bits per heavy atom. The van der Waals surface area contributed by atoms with Crippen LogP contribution in [0.15, 0.2) is 29.4 Å². The van der Waals surface area contributed by atoms with E-state index < -0.39 is 16.9 Å². The highest BCUT2D eigenvalue weighted by atomic mass is 35.5. The number of nitro groups is 1. The van der Waals surface area contributed by atoms with Crippen LogP contribution < -0.4 is 5.73 Å². The number of non-ortho nitro benzene ring substituents is 1. The van der Waals surface area contributed by atoms with Crippen molar-refractivity contribution in [1.29, 1.82) is 0 Å². The number of rotatable bonds is 5. The molecule has 0 radical (unpaired) electrons. The summed E-state index contributed by atoms with van der Waals surface area (Å²) >= 11 is 6.06. The van der Waals surface area contributed by atoms with Crippen LogP contribution in [0.5, 0.6) is 0 Å². The van der Waals surface area contributed by atoms with E-state index in [9.17, 15) is 14.9 Å². The molecule has 25 heavy (non-hydrogen) atoms. The molecule has 1 atom stereocenters. The zero-order valence-electron chi connectivity index (χ0n) is 13.8. The van der Waals surface area contributed by atoms with Crippen LogP contribution in [0.2, 0.25) is 5.02 Å². The van der Waals surface area contributed by atoms with Crippen LogP contribution in [0.4, 0.5) is 5.69 Å². The van der Waals surface area contributed by atoms with Crippen molar-refractivity contribution >= 4 is 29.1 Å². The third-order valence-corrected chi connectivity index (χ3v) is 4.10. The number of halogens is 1. The molecule has 0 saturated heterocycles. The molecule has 0 amide bonds. The molecule has 0 bridgehead atoms. The summed E-state index contributed by atoms with van der Waals surface area (Å²) in [4.78, 5) is 27.0. The molecule has 2 rings (SSSR count). The number of nitrogens with two attached hydrogens (primary N) is 1. The van der Waals surface area contributed by atoms with Gasteiger partial charge in [-0.05, 0) is 32.9 Å². The van der Waals surface area contributed by atoms with Gasteiger partial charge < -0.3 is 10.6 Å². The summed E-state index contributed by atoms with van der Waals surface area (Å²) < 4.78 is 1.44. The van der Waals surface area contributed by atoms with E-state index >= 15 is 0 Å². The van der Waals surface area contributed by atoms with Gasteiger partial charge in [0.2, 0.25) is 0 Å². The highest BCUT2D eigenvalue weighted by Crippen LogP contribution is 2.22. The lowest BCUT2D eigenvalue weighted by Crippen LogP contribution is -2.22. The Morgan fingerprint density at radius 1 is 1.40 bits per heavy atom. The van der Waals surface area contributed by atoms with Crippen molar-refractivity contribution in [3.05, 3.63) is 56.4 Å². The number of aromatic nitrogens is 2. The van der Waals surface area contributed by atoms with Crippen molar-refractivity contribution in [2.24, 2.45) is 10.9 Å². The molecule has 0 aliphatic rings. The third-order valence-electron chi connectivity index (χ3n) is 3.55. The molecule has 9 nitrogen and oxygen atoms in total. The molecule has 1 unspecified atom stereocenters. The predicted molar refractivity (Wildman–Crippen MR) is 91.3 cm³/mol. The SMILES string of the molecule is Cc1nn(C(C)C(=O)O/N=C(\N)c2ccc([N+](=O)[O-])cc2)c(C)c1Cl. The quantitative estimate of drug-likeness (QED) is 0.285. The molecule has 2 aromatic rings. The van der Waals surface area contributed by atoms with Gasteiger partial charge in [-0.3, -0.25) is 14.8 Å². The molecule has 1 aromatic heterocycles. The van der Waals surface area contributed by atoms with Crippen molar-refractivity contribution in [2.45, 2.75) is 26.8 Å². The number of oxime groups is 1. The predicted octanol–water partition coefficient (Wildman–Crippen LogP) is 2.49. The maximum Gasteiger partial charge on any atom is 0.359 e. The van der Waals surface area contributed by atoms with Crippen molar-refractivity contribution in [3.8, 4) is 0 Å². The summed E-state index contributed by atoms with van der Waals surface area (Å²) in [7, 11) is 0. The van der Waals surface area contributed by atoms with E-state index in [1.165, 1.54) is 28.9 Å². The van der Waals surface area contributed by atoms with Crippen LogP contribution >= 0.6 is 11.6 Å². The second kappa shape index (κ2) is 7.31. The second-order valence-electron chi connectivity index (χ2n) is 5.30. The number of nitro benzene ring substituents is 1. The summed E-state index contributed by atoms with van der Waals surface area (Å²) in [5.41, 5.74) is 7.27. The minimum absolute atomic E-state index is 0.0800. The van der Waals surface area contributed by atoms with Crippen molar-refractivity contribution in [3.63, 3.8) is 0 Å². The lowest BCUT2D eigenvalue weighted by molar-refractivity contribution is -0.384. The summed E-state index contributed by atoms with van der Waals surface area (Å²) in [5, 5.41) is 18.9. The average molecular weight is 366 g/mol. The van der Waals surface area contributed by atoms with Gasteiger partial charge in [0, 0.05) is 17.7 Å². The second-order valence-corrected chi connectivity index (χ2v) is 5.67. The number of benzene rings is 1. The minimum Gasteiger partial charge on any atom is -0.380 e. The molecule has 0 saturated carbocycles. The van der Waals surface area contributed by atoms with Crippen LogP contribution in [-0.2, 0) is 9.63 Å². The molecule has 0 fully saturated rings. The summed E-state index contributed by atoms with van der Waals surface area (Å²) in [6, 6.07) is 4.63. The average Bonchev–Trinajstić information content (AvgIpc) is 2.86. The normalized spacial score (nSPS) is 12.7. The maximum absolute atomic E-state index is 12.1. The topological polar surface area (TPSA) is 126 Å². The maximum atomic E-state index is 12.1. The Bertz CT molecular complexity index is 844. The number of hydrogen-bond acceptors (Lipinski definition) is 6. The molecule has 132 valence electrons. The van der Waals surface area contributed by atoms with Gasteiger partial charge in [-0.2, -0.15) is 5.10 Å². The van der Waals surface area contributed by atoms with Crippen molar-refractivity contribution in [2.75, 3.05) is 0 Å². The Labute approximate surface area is 148 Å². The van der Waals surface area contributed by atoms with Gasteiger partial charge in [-0.1, -0.05) is 16.8 Å². The summed E-state index contributed by atoms with van der Waals surface area (Å²) in [6.07, 6.45) is 0. The molecule has 0 spiro atoms. The van der Waals surface area contributed by atoms with Gasteiger partial charge in [0.25, 0.3) is 5.69 Å². The number of hydrogen-bond donors (Lipinski definition) is 1. The van der Waals surface area contributed by atoms with E-state index in [0.29, 0.717) is 22.0 Å².